The minimum absolute atomic E-state index is 0.0383. The second-order valence-corrected chi connectivity index (χ2v) is 5.87. The summed E-state index contributed by atoms with van der Waals surface area (Å²) in [6.45, 7) is 7.63. The van der Waals surface area contributed by atoms with Crippen LogP contribution in [0.3, 0.4) is 0 Å². The van der Waals surface area contributed by atoms with Crippen LogP contribution >= 0.6 is 0 Å². The number of rotatable bonds is 8. The van der Waals surface area contributed by atoms with Crippen LogP contribution in [0.5, 0.6) is 0 Å². The standard InChI is InChI=1S/C15H28N2O2/c1-3-14(15(18)19-4-2)17(10-12-7-8-12)11-13-6-5-9-16-13/h12-14,16H,3-11H2,1-2H3. The smallest absolute Gasteiger partial charge is 0.323 e. The molecule has 2 unspecified atom stereocenters. The number of nitrogens with one attached hydrogen (secondary N) is 1. The number of esters is 1. The average Bonchev–Trinajstić information content (AvgIpc) is 3.04. The van der Waals surface area contributed by atoms with Crippen LogP contribution in [0.2, 0.25) is 0 Å². The zero-order valence-corrected chi connectivity index (χ0v) is 12.4. The zero-order valence-electron chi connectivity index (χ0n) is 12.4. The predicted molar refractivity (Wildman–Crippen MR) is 76.0 cm³/mol. The number of carbonyl (C=O) groups is 1. The topological polar surface area (TPSA) is 41.6 Å². The van der Waals surface area contributed by atoms with E-state index in [0.717, 1.165) is 32.0 Å². The summed E-state index contributed by atoms with van der Waals surface area (Å²) in [5, 5.41) is 3.54. The van der Waals surface area contributed by atoms with E-state index in [-0.39, 0.29) is 12.0 Å². The van der Waals surface area contributed by atoms with Gasteiger partial charge in [-0.25, -0.2) is 0 Å². The monoisotopic (exact) mass is 268 g/mol. The van der Waals surface area contributed by atoms with Crippen molar-refractivity contribution in [2.45, 2.75) is 58.0 Å². The number of carbonyl (C=O) groups excluding carboxylic acids is 1. The molecular formula is C15H28N2O2. The molecule has 0 amide bonds. The first-order chi connectivity index (χ1) is 9.24. The van der Waals surface area contributed by atoms with E-state index in [1.165, 1.54) is 25.7 Å². The average molecular weight is 268 g/mol. The summed E-state index contributed by atoms with van der Waals surface area (Å²) in [4.78, 5) is 14.5. The van der Waals surface area contributed by atoms with E-state index in [1.54, 1.807) is 0 Å². The predicted octanol–water partition coefficient (Wildman–Crippen LogP) is 1.79. The molecule has 4 heteroatoms. The van der Waals surface area contributed by atoms with Gasteiger partial charge in [-0.2, -0.15) is 0 Å². The van der Waals surface area contributed by atoms with Gasteiger partial charge in [-0.15, -0.1) is 0 Å². The van der Waals surface area contributed by atoms with Gasteiger partial charge < -0.3 is 10.1 Å². The molecule has 1 saturated heterocycles. The Morgan fingerprint density at radius 1 is 1.32 bits per heavy atom. The second-order valence-electron chi connectivity index (χ2n) is 5.87. The molecule has 1 saturated carbocycles. The minimum Gasteiger partial charge on any atom is -0.465 e. The highest BCUT2D eigenvalue weighted by atomic mass is 16.5. The zero-order chi connectivity index (χ0) is 13.7. The largest absolute Gasteiger partial charge is 0.465 e. The van der Waals surface area contributed by atoms with Crippen molar-refractivity contribution in [3.05, 3.63) is 0 Å². The third-order valence-electron chi connectivity index (χ3n) is 4.19. The maximum atomic E-state index is 12.1. The highest BCUT2D eigenvalue weighted by Crippen LogP contribution is 2.31. The van der Waals surface area contributed by atoms with E-state index in [9.17, 15) is 4.79 Å². The Hall–Kier alpha value is -0.610. The second kappa shape index (κ2) is 7.25. The molecule has 2 fully saturated rings. The Kier molecular flexibility index (Phi) is 5.64. The lowest BCUT2D eigenvalue weighted by Crippen LogP contribution is -2.48. The van der Waals surface area contributed by atoms with E-state index in [2.05, 4.69) is 17.1 Å². The molecular weight excluding hydrogens is 240 g/mol. The first-order valence-corrected chi connectivity index (χ1v) is 7.88. The highest BCUT2D eigenvalue weighted by molar-refractivity contribution is 5.75. The molecule has 1 heterocycles. The fraction of sp³-hybridized carbons (Fsp3) is 0.933. The van der Waals surface area contributed by atoms with E-state index >= 15 is 0 Å². The molecule has 2 aliphatic rings. The molecule has 2 atom stereocenters. The van der Waals surface area contributed by atoms with E-state index in [0.29, 0.717) is 12.6 Å². The van der Waals surface area contributed by atoms with Crippen molar-refractivity contribution in [2.24, 2.45) is 5.92 Å². The molecule has 19 heavy (non-hydrogen) atoms. The van der Waals surface area contributed by atoms with Gasteiger partial charge in [-0.05, 0) is 51.5 Å². The fourth-order valence-electron chi connectivity index (χ4n) is 2.97. The summed E-state index contributed by atoms with van der Waals surface area (Å²) in [5.41, 5.74) is 0. The summed E-state index contributed by atoms with van der Waals surface area (Å²) in [7, 11) is 0. The molecule has 2 rings (SSSR count). The Bertz CT molecular complexity index is 286. The number of hydrogen-bond acceptors (Lipinski definition) is 4. The lowest BCUT2D eigenvalue weighted by Gasteiger charge is -2.31. The van der Waals surface area contributed by atoms with Crippen molar-refractivity contribution in [1.82, 2.24) is 10.2 Å². The third-order valence-corrected chi connectivity index (χ3v) is 4.19. The van der Waals surface area contributed by atoms with Crippen LogP contribution in [-0.2, 0) is 9.53 Å². The van der Waals surface area contributed by atoms with Gasteiger partial charge in [0.05, 0.1) is 6.61 Å². The Balaban J connectivity index is 1.93. The van der Waals surface area contributed by atoms with Crippen molar-refractivity contribution in [3.63, 3.8) is 0 Å². The lowest BCUT2D eigenvalue weighted by atomic mass is 10.1. The maximum Gasteiger partial charge on any atom is 0.323 e. The van der Waals surface area contributed by atoms with Gasteiger partial charge in [0.2, 0.25) is 0 Å². The molecule has 1 aliphatic heterocycles. The van der Waals surface area contributed by atoms with Gasteiger partial charge >= 0.3 is 5.97 Å². The molecule has 0 bridgehead atoms. The quantitative estimate of drug-likeness (QED) is 0.682. The fourth-order valence-corrected chi connectivity index (χ4v) is 2.97. The first kappa shape index (κ1) is 14.8. The molecule has 0 aromatic rings. The molecule has 0 radical (unpaired) electrons. The molecule has 4 nitrogen and oxygen atoms in total. The number of hydrogen-bond donors (Lipinski definition) is 1. The third kappa shape index (κ3) is 4.46. The van der Waals surface area contributed by atoms with Gasteiger partial charge in [0, 0.05) is 19.1 Å². The lowest BCUT2D eigenvalue weighted by molar-refractivity contribution is -0.150. The van der Waals surface area contributed by atoms with Crippen LogP contribution in [0.15, 0.2) is 0 Å². The van der Waals surface area contributed by atoms with Gasteiger partial charge in [-0.3, -0.25) is 9.69 Å². The van der Waals surface area contributed by atoms with Crippen LogP contribution in [0, 0.1) is 5.92 Å². The number of nitrogens with zero attached hydrogens (tertiary/aromatic N) is 1. The SMILES string of the molecule is CCOC(=O)C(CC)N(CC1CC1)CC1CCCN1. The molecule has 0 spiro atoms. The van der Waals surface area contributed by atoms with E-state index in [4.69, 9.17) is 4.74 Å². The Morgan fingerprint density at radius 3 is 2.63 bits per heavy atom. The van der Waals surface area contributed by atoms with Crippen LogP contribution in [0.4, 0.5) is 0 Å². The maximum absolute atomic E-state index is 12.1. The van der Waals surface area contributed by atoms with Gasteiger partial charge in [-0.1, -0.05) is 6.92 Å². The summed E-state index contributed by atoms with van der Waals surface area (Å²) in [6.07, 6.45) is 6.00. The summed E-state index contributed by atoms with van der Waals surface area (Å²) in [6, 6.07) is 0.505. The normalized spacial score (nSPS) is 24.7. The van der Waals surface area contributed by atoms with Crippen molar-refractivity contribution in [2.75, 3.05) is 26.2 Å². The van der Waals surface area contributed by atoms with Crippen LogP contribution < -0.4 is 5.32 Å². The summed E-state index contributed by atoms with van der Waals surface area (Å²) >= 11 is 0. The van der Waals surface area contributed by atoms with Crippen LogP contribution in [0.1, 0.15) is 46.0 Å². The molecule has 0 aromatic heterocycles. The molecule has 0 aromatic carbocycles. The van der Waals surface area contributed by atoms with E-state index in [1.807, 2.05) is 6.92 Å². The van der Waals surface area contributed by atoms with Gasteiger partial charge in [0.15, 0.2) is 0 Å². The van der Waals surface area contributed by atoms with Crippen molar-refractivity contribution < 1.29 is 9.53 Å². The Morgan fingerprint density at radius 2 is 2.11 bits per heavy atom. The van der Waals surface area contributed by atoms with Crippen molar-refractivity contribution in [1.29, 1.82) is 0 Å². The summed E-state index contributed by atoms with van der Waals surface area (Å²) < 4.78 is 5.24. The molecule has 1 N–H and O–H groups in total. The van der Waals surface area contributed by atoms with Crippen molar-refractivity contribution in [3.8, 4) is 0 Å². The van der Waals surface area contributed by atoms with Crippen LogP contribution in [-0.4, -0.2) is 49.2 Å². The van der Waals surface area contributed by atoms with Crippen molar-refractivity contribution >= 4 is 5.97 Å². The molecule has 1 aliphatic carbocycles. The minimum atomic E-state index is -0.0528. The van der Waals surface area contributed by atoms with Gasteiger partial charge in [0.1, 0.15) is 6.04 Å². The highest BCUT2D eigenvalue weighted by Gasteiger charge is 2.33. The number of ether oxygens (including phenoxy) is 1. The summed E-state index contributed by atoms with van der Waals surface area (Å²) in [5.74, 6) is 0.772. The van der Waals surface area contributed by atoms with Gasteiger partial charge in [0.25, 0.3) is 0 Å². The first-order valence-electron chi connectivity index (χ1n) is 7.88. The molecule has 110 valence electrons. The Labute approximate surface area is 116 Å². The van der Waals surface area contributed by atoms with E-state index < -0.39 is 0 Å². The van der Waals surface area contributed by atoms with Crippen LogP contribution in [0.25, 0.3) is 0 Å².